The summed E-state index contributed by atoms with van der Waals surface area (Å²) in [5.74, 6) is 0.274. The molecule has 0 unspecified atom stereocenters. The third-order valence-corrected chi connectivity index (χ3v) is 2.29. The molecule has 0 aliphatic carbocycles. The highest BCUT2D eigenvalue weighted by molar-refractivity contribution is 5.43. The van der Waals surface area contributed by atoms with Crippen molar-refractivity contribution in [2.45, 2.75) is 13.8 Å². The van der Waals surface area contributed by atoms with Crippen molar-refractivity contribution in [3.63, 3.8) is 0 Å². The molecule has 0 N–H and O–H groups in total. The molecule has 19 heavy (non-hydrogen) atoms. The average molecular weight is 257 g/mol. The fourth-order valence-electron chi connectivity index (χ4n) is 1.50. The summed E-state index contributed by atoms with van der Waals surface area (Å²) in [6.07, 6.45) is 0. The van der Waals surface area contributed by atoms with Gasteiger partial charge in [-0.2, -0.15) is 0 Å². The highest BCUT2D eigenvalue weighted by Crippen LogP contribution is 2.19. The van der Waals surface area contributed by atoms with Crippen LogP contribution in [-0.2, 0) is 0 Å². The summed E-state index contributed by atoms with van der Waals surface area (Å²) in [4.78, 5) is 18.3. The largest absolute Gasteiger partial charge is 0.269 e. The highest BCUT2D eigenvalue weighted by Gasteiger charge is 2.03. The summed E-state index contributed by atoms with van der Waals surface area (Å²) in [6.45, 7) is 3.69. The lowest BCUT2D eigenvalue weighted by molar-refractivity contribution is -0.384. The Bertz CT molecular complexity index is 617. The summed E-state index contributed by atoms with van der Waals surface area (Å²) in [6, 6.07) is 7.62. The molecule has 0 fully saturated rings. The topological polar surface area (TPSA) is 93.6 Å². The molecule has 0 saturated heterocycles. The van der Waals surface area contributed by atoms with E-state index in [1.54, 1.807) is 0 Å². The quantitative estimate of drug-likeness (QED) is 0.478. The molecule has 0 spiro atoms. The number of benzene rings is 1. The fourth-order valence-corrected chi connectivity index (χ4v) is 1.50. The second-order valence-corrected chi connectivity index (χ2v) is 3.92. The lowest BCUT2D eigenvalue weighted by Crippen LogP contribution is -1.88. The highest BCUT2D eigenvalue weighted by atomic mass is 16.6. The predicted molar refractivity (Wildman–Crippen MR) is 68.8 cm³/mol. The molecule has 0 saturated carbocycles. The van der Waals surface area contributed by atoms with E-state index in [-0.39, 0.29) is 11.6 Å². The Morgan fingerprint density at radius 1 is 1.05 bits per heavy atom. The van der Waals surface area contributed by atoms with Gasteiger partial charge in [0.1, 0.15) is 0 Å². The molecule has 0 bridgehead atoms. The van der Waals surface area contributed by atoms with Crippen LogP contribution in [0.5, 0.6) is 0 Å². The maximum atomic E-state index is 10.5. The van der Waals surface area contributed by atoms with Gasteiger partial charge in [0.05, 0.1) is 10.6 Å². The van der Waals surface area contributed by atoms with Crippen LogP contribution in [-0.4, -0.2) is 14.9 Å². The van der Waals surface area contributed by atoms with Crippen molar-refractivity contribution < 1.29 is 4.92 Å². The zero-order chi connectivity index (χ0) is 13.8. The van der Waals surface area contributed by atoms with Crippen molar-refractivity contribution in [1.82, 2.24) is 9.97 Å². The number of azo groups is 1. The predicted octanol–water partition coefficient (Wildman–Crippen LogP) is 3.42. The number of hydrogen-bond acceptors (Lipinski definition) is 6. The monoisotopic (exact) mass is 257 g/mol. The number of non-ortho nitro benzene ring substituents is 1. The number of nitro groups is 1. The Balaban J connectivity index is 2.20. The number of aromatic nitrogens is 2. The number of nitro benzene ring substituents is 1. The minimum absolute atomic E-state index is 0.0154. The van der Waals surface area contributed by atoms with E-state index in [2.05, 4.69) is 20.2 Å². The van der Waals surface area contributed by atoms with E-state index < -0.39 is 4.92 Å². The van der Waals surface area contributed by atoms with E-state index in [0.29, 0.717) is 5.69 Å². The molecule has 0 atom stereocenters. The van der Waals surface area contributed by atoms with Gasteiger partial charge in [-0.25, -0.2) is 9.97 Å². The van der Waals surface area contributed by atoms with Crippen LogP contribution in [0.3, 0.4) is 0 Å². The Morgan fingerprint density at radius 2 is 1.63 bits per heavy atom. The lowest BCUT2D eigenvalue weighted by atomic mass is 10.3. The third kappa shape index (κ3) is 3.38. The first-order valence-electron chi connectivity index (χ1n) is 5.53. The summed E-state index contributed by atoms with van der Waals surface area (Å²) in [5, 5.41) is 18.3. The third-order valence-electron chi connectivity index (χ3n) is 2.29. The standard InChI is InChI=1S/C12H11N5O2/c1-8-7-9(2)14-12(13-8)16-15-10-3-5-11(6-4-10)17(18)19/h3-7H,1-2H3. The number of rotatable bonds is 3. The van der Waals surface area contributed by atoms with Gasteiger partial charge in [0.2, 0.25) is 0 Å². The smallest absolute Gasteiger partial charge is 0.258 e. The van der Waals surface area contributed by atoms with Crippen molar-refractivity contribution in [3.8, 4) is 0 Å². The van der Waals surface area contributed by atoms with Gasteiger partial charge >= 0.3 is 0 Å². The summed E-state index contributed by atoms with van der Waals surface area (Å²) in [7, 11) is 0. The van der Waals surface area contributed by atoms with Crippen LogP contribution in [0.1, 0.15) is 11.4 Å². The minimum atomic E-state index is -0.464. The fraction of sp³-hybridized carbons (Fsp3) is 0.167. The van der Waals surface area contributed by atoms with Crippen LogP contribution in [0, 0.1) is 24.0 Å². The normalized spacial score (nSPS) is 10.8. The molecule has 0 aliphatic heterocycles. The molecular formula is C12H11N5O2. The average Bonchev–Trinajstić information content (AvgIpc) is 2.36. The van der Waals surface area contributed by atoms with Gasteiger partial charge in [0, 0.05) is 23.5 Å². The number of aryl methyl sites for hydroxylation is 2. The van der Waals surface area contributed by atoms with Crippen LogP contribution >= 0.6 is 0 Å². The van der Waals surface area contributed by atoms with Crippen LogP contribution in [0.2, 0.25) is 0 Å². The second kappa shape index (κ2) is 5.30. The van der Waals surface area contributed by atoms with E-state index >= 15 is 0 Å². The molecule has 1 aromatic heterocycles. The number of nitrogens with zero attached hydrogens (tertiary/aromatic N) is 5. The Hall–Kier alpha value is -2.70. The van der Waals surface area contributed by atoms with E-state index in [4.69, 9.17) is 0 Å². The zero-order valence-corrected chi connectivity index (χ0v) is 10.4. The Morgan fingerprint density at radius 3 is 2.16 bits per heavy atom. The van der Waals surface area contributed by atoms with Crippen LogP contribution in [0.15, 0.2) is 40.6 Å². The van der Waals surface area contributed by atoms with Gasteiger partial charge in [-0.15, -0.1) is 10.2 Å². The molecule has 7 heteroatoms. The molecule has 2 aromatic rings. The van der Waals surface area contributed by atoms with Gasteiger partial charge in [-0.1, -0.05) is 0 Å². The molecule has 0 radical (unpaired) electrons. The van der Waals surface area contributed by atoms with E-state index in [1.165, 1.54) is 24.3 Å². The minimum Gasteiger partial charge on any atom is -0.258 e. The van der Waals surface area contributed by atoms with Gasteiger partial charge in [-0.3, -0.25) is 10.1 Å². The van der Waals surface area contributed by atoms with Crippen molar-refractivity contribution in [3.05, 3.63) is 51.8 Å². The molecule has 7 nitrogen and oxygen atoms in total. The SMILES string of the molecule is Cc1cc(C)nc(N=Nc2ccc([N+](=O)[O-])cc2)n1. The van der Waals surface area contributed by atoms with Crippen LogP contribution < -0.4 is 0 Å². The first-order chi connectivity index (χ1) is 9.04. The molecule has 0 aliphatic rings. The first kappa shape index (κ1) is 12.7. The van der Waals surface area contributed by atoms with Crippen molar-refractivity contribution in [2.75, 3.05) is 0 Å². The molecular weight excluding hydrogens is 246 g/mol. The summed E-state index contributed by atoms with van der Waals surface area (Å²) < 4.78 is 0. The van der Waals surface area contributed by atoms with Crippen molar-refractivity contribution >= 4 is 17.3 Å². The molecule has 96 valence electrons. The second-order valence-electron chi connectivity index (χ2n) is 3.92. The van der Waals surface area contributed by atoms with Gasteiger partial charge in [0.25, 0.3) is 11.6 Å². The Labute approximate surface area is 109 Å². The number of hydrogen-bond donors (Lipinski definition) is 0. The first-order valence-corrected chi connectivity index (χ1v) is 5.53. The zero-order valence-electron chi connectivity index (χ0n) is 10.4. The lowest BCUT2D eigenvalue weighted by Gasteiger charge is -1.96. The van der Waals surface area contributed by atoms with Gasteiger partial charge in [-0.05, 0) is 32.0 Å². The van der Waals surface area contributed by atoms with Crippen LogP contribution in [0.4, 0.5) is 17.3 Å². The maximum absolute atomic E-state index is 10.5. The summed E-state index contributed by atoms with van der Waals surface area (Å²) in [5.41, 5.74) is 2.14. The molecule has 0 amide bonds. The molecule has 1 heterocycles. The maximum Gasteiger partial charge on any atom is 0.269 e. The van der Waals surface area contributed by atoms with Crippen molar-refractivity contribution in [2.24, 2.45) is 10.2 Å². The summed E-state index contributed by atoms with van der Waals surface area (Å²) >= 11 is 0. The van der Waals surface area contributed by atoms with Crippen LogP contribution in [0.25, 0.3) is 0 Å². The Kier molecular flexibility index (Phi) is 3.56. The van der Waals surface area contributed by atoms with Gasteiger partial charge in [0.15, 0.2) is 0 Å². The van der Waals surface area contributed by atoms with Crippen molar-refractivity contribution in [1.29, 1.82) is 0 Å². The van der Waals surface area contributed by atoms with E-state index in [1.807, 2.05) is 19.9 Å². The van der Waals surface area contributed by atoms with Gasteiger partial charge < -0.3 is 0 Å². The molecule has 2 rings (SSSR count). The van der Waals surface area contributed by atoms with E-state index in [9.17, 15) is 10.1 Å². The van der Waals surface area contributed by atoms with E-state index in [0.717, 1.165) is 11.4 Å². The molecule has 1 aromatic carbocycles.